The van der Waals surface area contributed by atoms with Gasteiger partial charge in [0.1, 0.15) is 0 Å². The molecule has 0 radical (unpaired) electrons. The van der Waals surface area contributed by atoms with Crippen LogP contribution < -0.4 is 5.32 Å². The van der Waals surface area contributed by atoms with E-state index in [0.29, 0.717) is 0 Å². The van der Waals surface area contributed by atoms with Crippen molar-refractivity contribution in [1.29, 1.82) is 0 Å². The van der Waals surface area contributed by atoms with E-state index in [1.807, 2.05) is 0 Å². The maximum Gasteiger partial charge on any atom is 0.0206 e. The van der Waals surface area contributed by atoms with E-state index in [2.05, 4.69) is 40.5 Å². The van der Waals surface area contributed by atoms with Crippen LogP contribution in [0.25, 0.3) is 0 Å². The van der Waals surface area contributed by atoms with Crippen LogP contribution in [0.4, 0.5) is 0 Å². The molecular weight excluding hydrogens is 220 g/mol. The molecule has 1 aromatic rings. The molecule has 2 rings (SSSR count). The average Bonchev–Trinajstić information content (AvgIpc) is 2.38. The van der Waals surface area contributed by atoms with Crippen LogP contribution in [0.3, 0.4) is 0 Å². The molecule has 1 aliphatic heterocycles. The second kappa shape index (κ2) is 8.28. The van der Waals surface area contributed by atoms with Crippen LogP contribution >= 0.6 is 0 Å². The molecule has 2 nitrogen and oxygen atoms in total. The van der Waals surface area contributed by atoms with Gasteiger partial charge in [0.15, 0.2) is 0 Å². The van der Waals surface area contributed by atoms with Gasteiger partial charge in [-0.05, 0) is 31.5 Å². The zero-order chi connectivity index (χ0) is 12.5. The van der Waals surface area contributed by atoms with E-state index in [1.165, 1.54) is 57.3 Å². The lowest BCUT2D eigenvalue weighted by molar-refractivity contribution is 0.247. The van der Waals surface area contributed by atoms with E-state index in [4.69, 9.17) is 0 Å². The molecule has 0 aliphatic carbocycles. The van der Waals surface area contributed by atoms with E-state index >= 15 is 0 Å². The Labute approximate surface area is 111 Å². The summed E-state index contributed by atoms with van der Waals surface area (Å²) in [6.07, 6.45) is 7.07. The molecule has 1 aromatic carbocycles. The van der Waals surface area contributed by atoms with Crippen LogP contribution in [0.1, 0.15) is 37.7 Å². The number of rotatable bonds is 5. The summed E-state index contributed by atoms with van der Waals surface area (Å²) in [6.45, 7) is 5.90. The second-order valence-electron chi connectivity index (χ2n) is 5.27. The lowest BCUT2D eigenvalue weighted by Crippen LogP contribution is -2.34. The van der Waals surface area contributed by atoms with Crippen molar-refractivity contribution in [2.45, 2.75) is 38.6 Å². The summed E-state index contributed by atoms with van der Waals surface area (Å²) in [4.78, 5) is 2.62. The van der Waals surface area contributed by atoms with Gasteiger partial charge in [0.2, 0.25) is 0 Å². The Morgan fingerprint density at radius 2 is 1.56 bits per heavy atom. The maximum absolute atomic E-state index is 3.54. The van der Waals surface area contributed by atoms with Crippen LogP contribution in [-0.4, -0.2) is 31.1 Å². The summed E-state index contributed by atoms with van der Waals surface area (Å²) in [5.41, 5.74) is 1.38. The SMILES string of the molecule is c1ccc(CNCCN2CCCCCCC2)cc1. The highest BCUT2D eigenvalue weighted by Crippen LogP contribution is 2.09. The first kappa shape index (κ1) is 13.6. The molecule has 2 heteroatoms. The van der Waals surface area contributed by atoms with Gasteiger partial charge in [-0.3, -0.25) is 0 Å². The minimum Gasteiger partial charge on any atom is -0.311 e. The molecule has 1 aliphatic rings. The Morgan fingerprint density at radius 3 is 2.28 bits per heavy atom. The molecule has 1 N–H and O–H groups in total. The van der Waals surface area contributed by atoms with Crippen molar-refractivity contribution in [1.82, 2.24) is 10.2 Å². The highest BCUT2D eigenvalue weighted by molar-refractivity contribution is 5.14. The molecule has 0 aromatic heterocycles. The summed E-state index contributed by atoms with van der Waals surface area (Å²) < 4.78 is 0. The largest absolute Gasteiger partial charge is 0.311 e. The topological polar surface area (TPSA) is 15.3 Å². The Morgan fingerprint density at radius 1 is 0.889 bits per heavy atom. The monoisotopic (exact) mass is 246 g/mol. The zero-order valence-corrected chi connectivity index (χ0v) is 11.4. The highest BCUT2D eigenvalue weighted by Gasteiger charge is 2.06. The molecule has 1 saturated heterocycles. The van der Waals surface area contributed by atoms with E-state index in [-0.39, 0.29) is 0 Å². The lowest BCUT2D eigenvalue weighted by Gasteiger charge is -2.24. The number of hydrogen-bond donors (Lipinski definition) is 1. The molecule has 0 spiro atoms. The Bertz CT molecular complexity index is 302. The minimum absolute atomic E-state index is 0.995. The molecular formula is C16H26N2. The minimum atomic E-state index is 0.995. The van der Waals surface area contributed by atoms with Gasteiger partial charge >= 0.3 is 0 Å². The predicted molar refractivity (Wildman–Crippen MR) is 77.7 cm³/mol. The van der Waals surface area contributed by atoms with Crippen molar-refractivity contribution in [2.24, 2.45) is 0 Å². The van der Waals surface area contributed by atoms with Crippen LogP contribution in [0.5, 0.6) is 0 Å². The fourth-order valence-electron chi connectivity index (χ4n) is 2.60. The van der Waals surface area contributed by atoms with Crippen LogP contribution in [0, 0.1) is 0 Å². The fourth-order valence-corrected chi connectivity index (χ4v) is 2.60. The predicted octanol–water partition coefficient (Wildman–Crippen LogP) is 3.04. The molecule has 18 heavy (non-hydrogen) atoms. The van der Waals surface area contributed by atoms with Crippen molar-refractivity contribution in [3.05, 3.63) is 35.9 Å². The third-order valence-electron chi connectivity index (χ3n) is 3.73. The van der Waals surface area contributed by atoms with Gasteiger partial charge in [0, 0.05) is 19.6 Å². The molecule has 0 unspecified atom stereocenters. The summed E-state index contributed by atoms with van der Waals surface area (Å²) in [6, 6.07) is 10.7. The summed E-state index contributed by atoms with van der Waals surface area (Å²) >= 11 is 0. The summed E-state index contributed by atoms with van der Waals surface area (Å²) in [5, 5.41) is 3.54. The van der Waals surface area contributed by atoms with E-state index < -0.39 is 0 Å². The van der Waals surface area contributed by atoms with Crippen molar-refractivity contribution < 1.29 is 0 Å². The number of likely N-dealkylation sites (tertiary alicyclic amines) is 1. The van der Waals surface area contributed by atoms with Gasteiger partial charge in [-0.1, -0.05) is 49.6 Å². The Hall–Kier alpha value is -0.860. The van der Waals surface area contributed by atoms with Gasteiger partial charge in [-0.25, -0.2) is 0 Å². The number of hydrogen-bond acceptors (Lipinski definition) is 2. The molecule has 0 saturated carbocycles. The fraction of sp³-hybridized carbons (Fsp3) is 0.625. The molecule has 0 bridgehead atoms. The molecule has 1 heterocycles. The first-order chi connectivity index (χ1) is 8.95. The average molecular weight is 246 g/mol. The molecule has 0 amide bonds. The summed E-state index contributed by atoms with van der Waals surface area (Å²) in [7, 11) is 0. The number of nitrogens with one attached hydrogen (secondary N) is 1. The quantitative estimate of drug-likeness (QED) is 0.803. The standard InChI is InChI=1S/C16H26N2/c1-2-7-12-18(13-8-3-1)14-11-17-15-16-9-5-4-6-10-16/h4-6,9-10,17H,1-3,7-8,11-15H2. The highest BCUT2D eigenvalue weighted by atomic mass is 15.1. The van der Waals surface area contributed by atoms with Gasteiger partial charge in [0.05, 0.1) is 0 Å². The second-order valence-corrected chi connectivity index (χ2v) is 5.27. The van der Waals surface area contributed by atoms with Gasteiger partial charge in [-0.15, -0.1) is 0 Å². The smallest absolute Gasteiger partial charge is 0.0206 e. The van der Waals surface area contributed by atoms with E-state index in [0.717, 1.165) is 13.1 Å². The number of benzene rings is 1. The molecule has 0 atom stereocenters. The molecule has 1 fully saturated rings. The van der Waals surface area contributed by atoms with E-state index in [9.17, 15) is 0 Å². The van der Waals surface area contributed by atoms with Crippen molar-refractivity contribution in [2.75, 3.05) is 26.2 Å². The van der Waals surface area contributed by atoms with Crippen LogP contribution in [-0.2, 0) is 6.54 Å². The first-order valence-corrected chi connectivity index (χ1v) is 7.42. The maximum atomic E-state index is 3.54. The van der Waals surface area contributed by atoms with Gasteiger partial charge in [-0.2, -0.15) is 0 Å². The lowest BCUT2D eigenvalue weighted by atomic mass is 10.1. The van der Waals surface area contributed by atoms with Crippen molar-refractivity contribution in [3.63, 3.8) is 0 Å². The van der Waals surface area contributed by atoms with Crippen LogP contribution in [0.2, 0.25) is 0 Å². The van der Waals surface area contributed by atoms with Gasteiger partial charge in [0.25, 0.3) is 0 Å². The Kier molecular flexibility index (Phi) is 6.24. The van der Waals surface area contributed by atoms with E-state index in [1.54, 1.807) is 0 Å². The first-order valence-electron chi connectivity index (χ1n) is 7.42. The molecule has 100 valence electrons. The van der Waals surface area contributed by atoms with Gasteiger partial charge < -0.3 is 10.2 Å². The third-order valence-corrected chi connectivity index (χ3v) is 3.73. The van der Waals surface area contributed by atoms with Crippen molar-refractivity contribution in [3.8, 4) is 0 Å². The normalized spacial score (nSPS) is 18.2. The van der Waals surface area contributed by atoms with Crippen molar-refractivity contribution >= 4 is 0 Å². The Balaban J connectivity index is 1.59. The third kappa shape index (κ3) is 5.19. The van der Waals surface area contributed by atoms with Crippen LogP contribution in [0.15, 0.2) is 30.3 Å². The summed E-state index contributed by atoms with van der Waals surface area (Å²) in [5.74, 6) is 0. The zero-order valence-electron chi connectivity index (χ0n) is 11.4. The number of nitrogens with zero attached hydrogens (tertiary/aromatic N) is 1.